The predicted octanol–water partition coefficient (Wildman–Crippen LogP) is 9.24. The molecule has 2 N–H and O–H groups in total. The van der Waals surface area contributed by atoms with Crippen LogP contribution >= 0.6 is 15.9 Å². The highest BCUT2D eigenvalue weighted by atomic mass is 79.9. The van der Waals surface area contributed by atoms with Gasteiger partial charge in [-0.25, -0.2) is 14.6 Å². The van der Waals surface area contributed by atoms with E-state index in [9.17, 15) is 9.59 Å². The van der Waals surface area contributed by atoms with Gasteiger partial charge in [0.1, 0.15) is 0 Å². The van der Waals surface area contributed by atoms with E-state index < -0.39 is 12.1 Å². The van der Waals surface area contributed by atoms with Crippen molar-refractivity contribution in [2.45, 2.75) is 27.7 Å². The summed E-state index contributed by atoms with van der Waals surface area (Å²) in [4.78, 5) is 33.2. The molecule has 0 aromatic heterocycles. The van der Waals surface area contributed by atoms with Gasteiger partial charge in [0.25, 0.3) is 0 Å². The third kappa shape index (κ3) is 9.12. The number of likely N-dealkylation sites (N-methyl/N-ethyl adjacent to an activating group) is 2. The van der Waals surface area contributed by atoms with Crippen LogP contribution in [0.4, 0.5) is 32.3 Å². The number of amides is 4. The summed E-state index contributed by atoms with van der Waals surface area (Å²) in [6.07, 6.45) is 0. The Kier molecular flexibility index (Phi) is 12.2. The zero-order chi connectivity index (χ0) is 34.8. The molecule has 5 aromatic rings. The molecule has 0 heterocycles. The Morgan fingerprint density at radius 3 is 1.86 bits per heavy atom. The Morgan fingerprint density at radius 1 is 0.633 bits per heavy atom. The lowest BCUT2D eigenvalue weighted by Crippen LogP contribution is -2.57. The van der Waals surface area contributed by atoms with E-state index in [0.717, 1.165) is 45.3 Å². The number of hydrazine groups is 1. The zero-order valence-corrected chi connectivity index (χ0v) is 30.3. The molecule has 9 heteroatoms. The molecule has 0 aliphatic rings. The monoisotopic (exact) mass is 720 g/mol. The Morgan fingerprint density at radius 2 is 1.22 bits per heavy atom. The van der Waals surface area contributed by atoms with Crippen molar-refractivity contribution >= 4 is 61.5 Å². The van der Waals surface area contributed by atoms with Crippen LogP contribution in [0.5, 0.6) is 0 Å². The summed E-state index contributed by atoms with van der Waals surface area (Å²) in [5, 5.41) is 11.1. The maximum absolute atomic E-state index is 14.4. The second-order valence-corrected chi connectivity index (χ2v) is 12.9. The second kappa shape index (κ2) is 16.9. The molecule has 0 radical (unpaired) electrons. The van der Waals surface area contributed by atoms with Gasteiger partial charge in [0.05, 0.1) is 17.9 Å². The molecule has 0 unspecified atom stereocenters. The minimum atomic E-state index is -0.412. The van der Waals surface area contributed by atoms with Crippen LogP contribution in [0.15, 0.2) is 120 Å². The topological polar surface area (TPSA) is 71.2 Å². The summed E-state index contributed by atoms with van der Waals surface area (Å²) in [6.45, 7) is 11.6. The van der Waals surface area contributed by atoms with Crippen molar-refractivity contribution in [2.24, 2.45) is 0 Å². The van der Waals surface area contributed by atoms with Crippen molar-refractivity contribution < 1.29 is 9.59 Å². The van der Waals surface area contributed by atoms with Crippen LogP contribution in [0.1, 0.15) is 25.0 Å². The summed E-state index contributed by atoms with van der Waals surface area (Å²) in [6, 6.07) is 37.0. The predicted molar refractivity (Wildman–Crippen MR) is 208 cm³/mol. The van der Waals surface area contributed by atoms with Crippen LogP contribution in [0.2, 0.25) is 0 Å². The number of hydrogen-bond donors (Lipinski definition) is 2. The Bertz CT molecular complexity index is 1860. The second-order valence-electron chi connectivity index (χ2n) is 11.9. The van der Waals surface area contributed by atoms with Gasteiger partial charge in [0.2, 0.25) is 0 Å². The molecule has 0 atom stereocenters. The third-order valence-corrected chi connectivity index (χ3v) is 9.04. The van der Waals surface area contributed by atoms with E-state index in [4.69, 9.17) is 0 Å². The first-order chi connectivity index (χ1) is 23.8. The Hall–Kier alpha value is -5.02. The molecular weight excluding hydrogens is 676 g/mol. The first-order valence-corrected chi connectivity index (χ1v) is 17.6. The van der Waals surface area contributed by atoms with E-state index in [0.29, 0.717) is 31.0 Å². The molecule has 8 nitrogen and oxygen atoms in total. The number of benzene rings is 5. The molecule has 0 aliphatic heterocycles. The third-order valence-electron chi connectivity index (χ3n) is 8.51. The molecule has 0 bridgehead atoms. The number of nitrogens with one attached hydrogen (secondary N) is 2. The molecule has 5 rings (SSSR count). The van der Waals surface area contributed by atoms with Crippen molar-refractivity contribution in [1.29, 1.82) is 0 Å². The van der Waals surface area contributed by atoms with E-state index in [2.05, 4.69) is 100 Å². The number of aryl methyl sites for hydroxylation is 2. The van der Waals surface area contributed by atoms with Crippen LogP contribution in [0.25, 0.3) is 10.8 Å². The standard InChI is InChI=1S/C40H45BrN6O2/c1-5-44(35-16-9-12-30(3)28-35)25-24-42-39(48)47(34-22-20-33(41)21-23-34)46(27-26-45(6-2)36-17-10-13-31(4)29-36)40(49)43-38-19-11-15-32-14-7-8-18-37(32)38/h7-23,28-29H,5-6,24-27H2,1-4H3,(H,42,48)(H,43,49). The first-order valence-electron chi connectivity index (χ1n) is 16.8. The van der Waals surface area contributed by atoms with E-state index in [-0.39, 0.29) is 6.54 Å². The quantitative estimate of drug-likeness (QED) is 0.126. The highest BCUT2D eigenvalue weighted by molar-refractivity contribution is 9.10. The average molecular weight is 722 g/mol. The molecule has 0 fully saturated rings. The van der Waals surface area contributed by atoms with Crippen molar-refractivity contribution in [2.75, 3.05) is 59.4 Å². The first kappa shape index (κ1) is 35.3. The minimum Gasteiger partial charge on any atom is -0.370 e. The number of rotatable bonds is 12. The number of anilines is 4. The summed E-state index contributed by atoms with van der Waals surface area (Å²) in [7, 11) is 0. The smallest absolute Gasteiger partial charge is 0.341 e. The lowest BCUT2D eigenvalue weighted by Gasteiger charge is -2.36. The van der Waals surface area contributed by atoms with Crippen molar-refractivity contribution in [1.82, 2.24) is 10.3 Å². The van der Waals surface area contributed by atoms with Gasteiger partial charge in [-0.05, 0) is 98.8 Å². The van der Waals surface area contributed by atoms with E-state index >= 15 is 0 Å². The largest absolute Gasteiger partial charge is 0.370 e. The molecule has 0 saturated heterocycles. The van der Waals surface area contributed by atoms with E-state index in [1.165, 1.54) is 15.6 Å². The normalized spacial score (nSPS) is 10.8. The van der Waals surface area contributed by atoms with Gasteiger partial charge in [-0.3, -0.25) is 0 Å². The molecule has 0 saturated carbocycles. The van der Waals surface area contributed by atoms with Crippen LogP contribution in [-0.2, 0) is 0 Å². The Labute approximate surface area is 298 Å². The minimum absolute atomic E-state index is 0.242. The molecule has 49 heavy (non-hydrogen) atoms. The van der Waals surface area contributed by atoms with Gasteiger partial charge in [-0.1, -0.05) is 76.6 Å². The maximum atomic E-state index is 14.4. The molecule has 0 aliphatic carbocycles. The highest BCUT2D eigenvalue weighted by Gasteiger charge is 2.29. The van der Waals surface area contributed by atoms with E-state index in [1.54, 1.807) is 0 Å². The number of hydrogen-bond acceptors (Lipinski definition) is 4. The fourth-order valence-electron chi connectivity index (χ4n) is 5.93. The number of halogens is 1. The maximum Gasteiger partial charge on any atom is 0.341 e. The lowest BCUT2D eigenvalue weighted by atomic mass is 10.1. The number of fused-ring (bicyclic) bond motifs is 1. The summed E-state index contributed by atoms with van der Waals surface area (Å²) >= 11 is 3.52. The molecule has 254 valence electrons. The van der Waals surface area contributed by atoms with Gasteiger partial charge >= 0.3 is 12.1 Å². The summed E-state index contributed by atoms with van der Waals surface area (Å²) < 4.78 is 0.872. The van der Waals surface area contributed by atoms with Gasteiger partial charge in [-0.2, -0.15) is 5.01 Å². The summed E-state index contributed by atoms with van der Waals surface area (Å²) in [5.41, 5.74) is 5.75. The average Bonchev–Trinajstić information content (AvgIpc) is 3.10. The van der Waals surface area contributed by atoms with Gasteiger partial charge < -0.3 is 20.4 Å². The van der Waals surface area contributed by atoms with Crippen molar-refractivity contribution in [3.05, 3.63) is 131 Å². The number of urea groups is 2. The summed E-state index contributed by atoms with van der Waals surface area (Å²) in [5.74, 6) is 0. The van der Waals surface area contributed by atoms with Crippen LogP contribution < -0.4 is 25.4 Å². The lowest BCUT2D eigenvalue weighted by molar-refractivity contribution is 0.198. The fraction of sp³-hybridized carbons (Fsp3) is 0.250. The molecular formula is C40H45BrN6O2. The Balaban J connectivity index is 1.46. The van der Waals surface area contributed by atoms with Crippen molar-refractivity contribution in [3.63, 3.8) is 0 Å². The van der Waals surface area contributed by atoms with Gasteiger partial charge in [0.15, 0.2) is 0 Å². The van der Waals surface area contributed by atoms with Crippen LogP contribution in [-0.4, -0.2) is 56.3 Å². The molecule has 5 aromatic carbocycles. The van der Waals surface area contributed by atoms with Gasteiger partial charge in [0, 0.05) is 54.0 Å². The zero-order valence-electron chi connectivity index (χ0n) is 28.7. The highest BCUT2D eigenvalue weighted by Crippen LogP contribution is 2.26. The fourth-order valence-corrected chi connectivity index (χ4v) is 6.20. The van der Waals surface area contributed by atoms with E-state index in [1.807, 2.05) is 78.9 Å². The number of nitrogens with zero attached hydrogens (tertiary/aromatic N) is 4. The number of carbonyl (C=O) groups is 2. The van der Waals surface area contributed by atoms with Crippen LogP contribution in [0.3, 0.4) is 0 Å². The SMILES string of the molecule is CCN(CCNC(=O)N(c1ccc(Br)cc1)N(CCN(CC)c1cccc(C)c1)C(=O)Nc1cccc2ccccc12)c1cccc(C)c1. The molecule has 0 spiro atoms. The van der Waals surface area contributed by atoms with Crippen molar-refractivity contribution in [3.8, 4) is 0 Å². The number of carbonyl (C=O) groups excluding carboxylic acids is 2. The van der Waals surface area contributed by atoms with Crippen LogP contribution in [0, 0.1) is 13.8 Å². The van der Waals surface area contributed by atoms with Gasteiger partial charge in [-0.15, -0.1) is 0 Å². The molecule has 4 amide bonds.